The number of carbonyl (C=O) groups is 1. The van der Waals surface area contributed by atoms with E-state index in [2.05, 4.69) is 9.97 Å². The van der Waals surface area contributed by atoms with Crippen LogP contribution in [0, 0.1) is 5.41 Å². The highest BCUT2D eigenvalue weighted by Crippen LogP contribution is 2.39. The fraction of sp³-hybridized carbons (Fsp3) is 0.381. The van der Waals surface area contributed by atoms with Gasteiger partial charge in [0, 0.05) is 26.0 Å². The van der Waals surface area contributed by atoms with E-state index in [1.54, 1.807) is 36.9 Å². The summed E-state index contributed by atoms with van der Waals surface area (Å²) in [4.78, 5) is 23.3. The van der Waals surface area contributed by atoms with Crippen molar-refractivity contribution in [2.75, 3.05) is 20.3 Å². The molecule has 1 N–H and O–H groups in total. The lowest BCUT2D eigenvalue weighted by Gasteiger charge is -2.38. The Bertz CT molecular complexity index is 999. The molecule has 1 unspecified atom stereocenters. The van der Waals surface area contributed by atoms with Crippen molar-refractivity contribution in [1.29, 1.82) is 0 Å². The smallest absolute Gasteiger partial charge is 0.407 e. The minimum Gasteiger partial charge on any atom is -0.465 e. The quantitative estimate of drug-likeness (QED) is 0.537. The molecule has 154 valence electrons. The first-order valence-electron chi connectivity index (χ1n) is 9.21. The Balaban J connectivity index is 1.96. The lowest BCUT2D eigenvalue weighted by Crippen LogP contribution is -2.42. The van der Waals surface area contributed by atoms with Gasteiger partial charge < -0.3 is 9.84 Å². The molecule has 0 aliphatic rings. The number of hydrogen-bond acceptors (Lipinski definition) is 5. The molecule has 8 heteroatoms. The second-order valence-corrected chi connectivity index (χ2v) is 9.29. The van der Waals surface area contributed by atoms with Gasteiger partial charge in [0.1, 0.15) is 0 Å². The summed E-state index contributed by atoms with van der Waals surface area (Å²) in [5, 5.41) is 10.4. The van der Waals surface area contributed by atoms with Crippen LogP contribution in [0.3, 0.4) is 0 Å². The van der Waals surface area contributed by atoms with Crippen molar-refractivity contribution in [1.82, 2.24) is 14.9 Å². The summed E-state index contributed by atoms with van der Waals surface area (Å²) >= 11 is 7.80. The van der Waals surface area contributed by atoms with Crippen LogP contribution in [0.4, 0.5) is 4.79 Å². The fourth-order valence-electron chi connectivity index (χ4n) is 3.42. The van der Waals surface area contributed by atoms with Crippen molar-refractivity contribution < 1.29 is 14.6 Å². The minimum atomic E-state index is -0.976. The molecular weight excluding hydrogens is 410 g/mol. The van der Waals surface area contributed by atoms with Crippen LogP contribution in [0.2, 0.25) is 5.02 Å². The number of hydrogen-bond donors (Lipinski definition) is 1. The van der Waals surface area contributed by atoms with Gasteiger partial charge in [-0.15, -0.1) is 11.3 Å². The van der Waals surface area contributed by atoms with Crippen molar-refractivity contribution in [3.63, 3.8) is 0 Å². The SMILES string of the molecule is COCCN(C(=O)O)C(c1ccc(-c2cc3nccc(Cl)c3s2)nc1)C(C)(C)C. The van der Waals surface area contributed by atoms with Crippen molar-refractivity contribution in [3.05, 3.63) is 47.2 Å². The van der Waals surface area contributed by atoms with Crippen LogP contribution in [0.25, 0.3) is 20.8 Å². The highest BCUT2D eigenvalue weighted by atomic mass is 35.5. The van der Waals surface area contributed by atoms with Gasteiger partial charge in [0.05, 0.1) is 38.5 Å². The molecule has 29 heavy (non-hydrogen) atoms. The van der Waals surface area contributed by atoms with Crippen LogP contribution in [0.15, 0.2) is 36.7 Å². The van der Waals surface area contributed by atoms with E-state index in [1.807, 2.05) is 39.0 Å². The summed E-state index contributed by atoms with van der Waals surface area (Å²) in [6.45, 7) is 6.69. The molecule has 1 amide bonds. The number of methoxy groups -OCH3 is 1. The average molecular weight is 434 g/mol. The van der Waals surface area contributed by atoms with Crippen molar-refractivity contribution >= 4 is 39.2 Å². The first kappa shape index (κ1) is 21.5. The molecular formula is C21H24ClN3O3S. The molecule has 0 saturated carbocycles. The van der Waals surface area contributed by atoms with E-state index in [0.717, 1.165) is 26.4 Å². The Kier molecular flexibility index (Phi) is 6.41. The Morgan fingerprint density at radius 3 is 2.62 bits per heavy atom. The Hall–Kier alpha value is -2.22. The number of carboxylic acid groups (broad SMARTS) is 1. The van der Waals surface area contributed by atoms with E-state index in [-0.39, 0.29) is 18.0 Å². The second kappa shape index (κ2) is 8.65. The van der Waals surface area contributed by atoms with Crippen LogP contribution in [-0.4, -0.2) is 46.3 Å². The first-order chi connectivity index (χ1) is 13.7. The van der Waals surface area contributed by atoms with Gasteiger partial charge in [-0.05, 0) is 29.2 Å². The number of aromatic nitrogens is 2. The van der Waals surface area contributed by atoms with Gasteiger partial charge >= 0.3 is 6.09 Å². The van der Waals surface area contributed by atoms with Crippen LogP contribution in [-0.2, 0) is 4.74 Å². The first-order valence-corrected chi connectivity index (χ1v) is 10.4. The predicted molar refractivity (Wildman–Crippen MR) is 117 cm³/mol. The molecule has 6 nitrogen and oxygen atoms in total. The zero-order valence-electron chi connectivity index (χ0n) is 16.8. The second-order valence-electron chi connectivity index (χ2n) is 7.83. The Labute approximate surface area is 179 Å². The molecule has 0 aliphatic heterocycles. The molecule has 0 aliphatic carbocycles. The van der Waals surface area contributed by atoms with Crippen LogP contribution in [0.1, 0.15) is 32.4 Å². The number of ether oxygens (including phenoxy) is 1. The molecule has 3 aromatic rings. The molecule has 0 radical (unpaired) electrons. The minimum absolute atomic E-state index is 0.288. The van der Waals surface area contributed by atoms with Gasteiger partial charge in [-0.1, -0.05) is 38.4 Å². The lowest BCUT2D eigenvalue weighted by atomic mass is 9.81. The third-order valence-electron chi connectivity index (χ3n) is 4.63. The van der Waals surface area contributed by atoms with Crippen molar-refractivity contribution in [3.8, 4) is 10.6 Å². The number of halogens is 1. The molecule has 0 saturated heterocycles. The molecule has 3 heterocycles. The third kappa shape index (κ3) is 4.69. The van der Waals surface area contributed by atoms with Crippen LogP contribution < -0.4 is 0 Å². The maximum absolute atomic E-state index is 11.9. The number of thiophene rings is 1. The van der Waals surface area contributed by atoms with Crippen molar-refractivity contribution in [2.24, 2.45) is 5.41 Å². The maximum Gasteiger partial charge on any atom is 0.407 e. The number of nitrogens with zero attached hydrogens (tertiary/aromatic N) is 3. The molecule has 0 fully saturated rings. The van der Waals surface area contributed by atoms with Gasteiger partial charge in [0.25, 0.3) is 0 Å². The third-order valence-corrected chi connectivity index (χ3v) is 6.24. The number of fused-ring (bicyclic) bond motifs is 1. The standard InChI is InChI=1S/C21H24ClN3O3S/c1-21(2,3)19(25(20(26)27)9-10-28-4)13-5-6-15(24-12-13)17-11-16-18(29-17)14(22)7-8-23-16/h5-8,11-12,19H,9-10H2,1-4H3,(H,26,27). The average Bonchev–Trinajstić information content (AvgIpc) is 3.10. The van der Waals surface area contributed by atoms with E-state index in [0.29, 0.717) is 11.6 Å². The monoisotopic (exact) mass is 433 g/mol. The van der Waals surface area contributed by atoms with Gasteiger partial charge in [-0.25, -0.2) is 4.79 Å². The summed E-state index contributed by atoms with van der Waals surface area (Å²) in [5.74, 6) is 0. The Morgan fingerprint density at radius 1 is 1.31 bits per heavy atom. The molecule has 0 spiro atoms. The number of amides is 1. The van der Waals surface area contributed by atoms with E-state index < -0.39 is 6.09 Å². The summed E-state index contributed by atoms with van der Waals surface area (Å²) in [6.07, 6.45) is 2.47. The van der Waals surface area contributed by atoms with Gasteiger partial charge in [0.15, 0.2) is 0 Å². The van der Waals surface area contributed by atoms with E-state index in [1.165, 1.54) is 4.90 Å². The molecule has 3 aromatic heterocycles. The molecule has 1 atom stereocenters. The molecule has 3 rings (SSSR count). The van der Waals surface area contributed by atoms with Crippen molar-refractivity contribution in [2.45, 2.75) is 26.8 Å². The fourth-order valence-corrected chi connectivity index (χ4v) is 4.68. The van der Waals surface area contributed by atoms with E-state index in [9.17, 15) is 9.90 Å². The van der Waals surface area contributed by atoms with E-state index in [4.69, 9.17) is 16.3 Å². The molecule has 0 aromatic carbocycles. The maximum atomic E-state index is 11.9. The highest BCUT2D eigenvalue weighted by Gasteiger charge is 2.35. The number of pyridine rings is 2. The predicted octanol–water partition coefficient (Wildman–Crippen LogP) is 5.73. The van der Waals surface area contributed by atoms with E-state index >= 15 is 0 Å². The van der Waals surface area contributed by atoms with Gasteiger partial charge in [-0.3, -0.25) is 14.9 Å². The lowest BCUT2D eigenvalue weighted by molar-refractivity contribution is 0.0612. The van der Waals surface area contributed by atoms with Gasteiger partial charge in [0.2, 0.25) is 0 Å². The topological polar surface area (TPSA) is 75.5 Å². The largest absolute Gasteiger partial charge is 0.465 e. The zero-order valence-corrected chi connectivity index (χ0v) is 18.4. The normalized spacial score (nSPS) is 12.9. The Morgan fingerprint density at radius 2 is 2.07 bits per heavy atom. The van der Waals surface area contributed by atoms with Gasteiger partial charge in [-0.2, -0.15) is 0 Å². The van der Waals surface area contributed by atoms with Crippen LogP contribution >= 0.6 is 22.9 Å². The molecule has 0 bridgehead atoms. The summed E-state index contributed by atoms with van der Waals surface area (Å²) < 4.78 is 6.03. The summed E-state index contributed by atoms with van der Waals surface area (Å²) in [7, 11) is 1.56. The summed E-state index contributed by atoms with van der Waals surface area (Å²) in [5.41, 5.74) is 2.17. The number of rotatable bonds is 6. The van der Waals surface area contributed by atoms with Crippen LogP contribution in [0.5, 0.6) is 0 Å². The zero-order chi connectivity index (χ0) is 21.2. The summed E-state index contributed by atoms with van der Waals surface area (Å²) in [6, 6.07) is 7.26. The highest BCUT2D eigenvalue weighted by molar-refractivity contribution is 7.22.